The van der Waals surface area contributed by atoms with Crippen LogP contribution < -0.4 is 0 Å². The summed E-state index contributed by atoms with van der Waals surface area (Å²) in [5, 5.41) is 9.69. The van der Waals surface area contributed by atoms with Crippen molar-refractivity contribution in [3.05, 3.63) is 77.9 Å². The number of halogens is 1. The first-order valence-electron chi connectivity index (χ1n) is 8.86. The molecule has 3 heterocycles. The molecule has 152 valence electrons. The van der Waals surface area contributed by atoms with Crippen molar-refractivity contribution >= 4 is 26.8 Å². The number of sulfone groups is 1. The Balaban J connectivity index is 1.89. The van der Waals surface area contributed by atoms with E-state index in [2.05, 4.69) is 9.97 Å². The zero-order valence-electron chi connectivity index (χ0n) is 15.8. The van der Waals surface area contributed by atoms with Gasteiger partial charge in [-0.2, -0.15) is 0 Å². The Hall–Kier alpha value is -3.59. The number of nitrogens with zero attached hydrogens (tertiary/aromatic N) is 3. The summed E-state index contributed by atoms with van der Waals surface area (Å²) in [6.07, 6.45) is 3.66. The molecule has 0 saturated heterocycles. The van der Waals surface area contributed by atoms with Crippen molar-refractivity contribution in [3.8, 4) is 11.4 Å². The number of benzene rings is 1. The van der Waals surface area contributed by atoms with Crippen LogP contribution in [0.3, 0.4) is 0 Å². The van der Waals surface area contributed by atoms with E-state index in [4.69, 9.17) is 5.11 Å². The van der Waals surface area contributed by atoms with Crippen molar-refractivity contribution in [1.29, 1.82) is 0 Å². The first-order chi connectivity index (χ1) is 14.2. The Morgan fingerprint density at radius 2 is 1.80 bits per heavy atom. The molecule has 30 heavy (non-hydrogen) atoms. The van der Waals surface area contributed by atoms with E-state index < -0.39 is 15.8 Å². The molecular formula is C21H16FN3O4S. The Morgan fingerprint density at radius 1 is 1.07 bits per heavy atom. The van der Waals surface area contributed by atoms with Gasteiger partial charge >= 0.3 is 5.97 Å². The van der Waals surface area contributed by atoms with Gasteiger partial charge in [0.1, 0.15) is 11.5 Å². The molecule has 0 bridgehead atoms. The van der Waals surface area contributed by atoms with Crippen LogP contribution in [-0.2, 0) is 16.4 Å². The summed E-state index contributed by atoms with van der Waals surface area (Å²) >= 11 is 0. The van der Waals surface area contributed by atoms with Crippen molar-refractivity contribution in [3.63, 3.8) is 0 Å². The third-order valence-electron chi connectivity index (χ3n) is 4.66. The SMILES string of the molecule is CS(=O)(=O)c1cnc2c(c1)cc(-c1ccc(C(=O)O)cn1)n2Cc1ccc(F)cc1. The van der Waals surface area contributed by atoms with Gasteiger partial charge in [0.2, 0.25) is 0 Å². The Bertz CT molecular complexity index is 1360. The number of aromatic nitrogens is 3. The Morgan fingerprint density at radius 3 is 2.40 bits per heavy atom. The molecule has 0 aliphatic rings. The number of hydrogen-bond acceptors (Lipinski definition) is 5. The normalized spacial score (nSPS) is 11.7. The lowest BCUT2D eigenvalue weighted by molar-refractivity contribution is 0.0696. The predicted octanol–water partition coefficient (Wildman–Crippen LogP) is 3.39. The summed E-state index contributed by atoms with van der Waals surface area (Å²) in [5.41, 5.74) is 2.53. The largest absolute Gasteiger partial charge is 0.478 e. The highest BCUT2D eigenvalue weighted by molar-refractivity contribution is 7.90. The van der Waals surface area contributed by atoms with E-state index in [-0.39, 0.29) is 16.3 Å². The molecule has 0 atom stereocenters. The smallest absolute Gasteiger partial charge is 0.337 e. The quantitative estimate of drug-likeness (QED) is 0.526. The van der Waals surface area contributed by atoms with Gasteiger partial charge in [-0.05, 0) is 42.0 Å². The minimum atomic E-state index is -3.44. The van der Waals surface area contributed by atoms with Crippen molar-refractivity contribution < 1.29 is 22.7 Å². The highest BCUT2D eigenvalue weighted by Crippen LogP contribution is 2.28. The molecule has 1 aromatic carbocycles. The third-order valence-corrected chi connectivity index (χ3v) is 5.74. The number of carboxylic acids is 1. The van der Waals surface area contributed by atoms with Gasteiger partial charge in [0.05, 0.1) is 21.8 Å². The molecule has 0 radical (unpaired) electrons. The maximum absolute atomic E-state index is 13.3. The summed E-state index contributed by atoms with van der Waals surface area (Å²) in [5.74, 6) is -1.43. The van der Waals surface area contributed by atoms with Crippen LogP contribution in [0.1, 0.15) is 15.9 Å². The molecule has 0 aliphatic carbocycles. The van der Waals surface area contributed by atoms with Gasteiger partial charge in [-0.1, -0.05) is 12.1 Å². The maximum Gasteiger partial charge on any atom is 0.337 e. The lowest BCUT2D eigenvalue weighted by atomic mass is 10.2. The number of carboxylic acid groups (broad SMARTS) is 1. The zero-order valence-corrected chi connectivity index (χ0v) is 16.6. The van der Waals surface area contributed by atoms with E-state index in [1.54, 1.807) is 24.3 Å². The van der Waals surface area contributed by atoms with Gasteiger partial charge in [0.25, 0.3) is 0 Å². The molecule has 0 amide bonds. The average Bonchev–Trinajstić information content (AvgIpc) is 3.07. The number of fused-ring (bicyclic) bond motifs is 1. The van der Waals surface area contributed by atoms with Gasteiger partial charge < -0.3 is 9.67 Å². The topological polar surface area (TPSA) is 102 Å². The molecule has 0 unspecified atom stereocenters. The van der Waals surface area contributed by atoms with Crippen molar-refractivity contribution in [1.82, 2.24) is 14.5 Å². The summed E-state index contributed by atoms with van der Waals surface area (Å²) in [6.45, 7) is 0.340. The average molecular weight is 425 g/mol. The molecule has 0 aliphatic heterocycles. The van der Waals surface area contributed by atoms with Crippen LogP contribution >= 0.6 is 0 Å². The van der Waals surface area contributed by atoms with E-state index >= 15 is 0 Å². The number of aromatic carboxylic acids is 1. The van der Waals surface area contributed by atoms with Gasteiger partial charge in [-0.15, -0.1) is 0 Å². The van der Waals surface area contributed by atoms with Crippen LogP contribution in [0.25, 0.3) is 22.4 Å². The number of carbonyl (C=O) groups is 1. The lowest BCUT2D eigenvalue weighted by Gasteiger charge is -2.11. The maximum atomic E-state index is 13.3. The fourth-order valence-corrected chi connectivity index (χ4v) is 3.73. The van der Waals surface area contributed by atoms with Gasteiger partial charge in [-0.25, -0.2) is 22.6 Å². The molecule has 0 fully saturated rings. The van der Waals surface area contributed by atoms with Crippen molar-refractivity contribution in [2.45, 2.75) is 11.4 Å². The fraction of sp³-hybridized carbons (Fsp3) is 0.0952. The van der Waals surface area contributed by atoms with Crippen LogP contribution in [0, 0.1) is 5.82 Å². The molecule has 4 aromatic rings. The fourth-order valence-electron chi connectivity index (χ4n) is 3.14. The standard InChI is InChI=1S/C21H16FN3O4S/c1-30(28,29)17-8-15-9-19(18-7-4-14(10-23-18)21(26)27)25(20(15)24-11-17)12-13-2-5-16(22)6-3-13/h2-11H,12H2,1H3,(H,26,27). The van der Waals surface area contributed by atoms with E-state index in [0.29, 0.717) is 29.0 Å². The van der Waals surface area contributed by atoms with Gasteiger partial charge in [0, 0.05) is 30.6 Å². The molecule has 4 rings (SSSR count). The molecule has 1 N–H and O–H groups in total. The Kier molecular flexibility index (Phi) is 4.83. The minimum Gasteiger partial charge on any atom is -0.478 e. The van der Waals surface area contributed by atoms with E-state index in [1.807, 2.05) is 4.57 Å². The molecule has 7 nitrogen and oxygen atoms in total. The lowest BCUT2D eigenvalue weighted by Crippen LogP contribution is -2.05. The second kappa shape index (κ2) is 7.34. The highest BCUT2D eigenvalue weighted by Gasteiger charge is 2.17. The van der Waals surface area contributed by atoms with Crippen molar-refractivity contribution in [2.75, 3.05) is 6.26 Å². The second-order valence-electron chi connectivity index (χ2n) is 6.84. The summed E-state index contributed by atoms with van der Waals surface area (Å²) in [7, 11) is -3.44. The summed E-state index contributed by atoms with van der Waals surface area (Å²) in [4.78, 5) is 19.8. The summed E-state index contributed by atoms with van der Waals surface area (Å²) in [6, 6.07) is 12.3. The van der Waals surface area contributed by atoms with Crippen LogP contribution in [0.2, 0.25) is 0 Å². The molecule has 3 aromatic heterocycles. The minimum absolute atomic E-state index is 0.0532. The predicted molar refractivity (Wildman–Crippen MR) is 109 cm³/mol. The van der Waals surface area contributed by atoms with E-state index in [0.717, 1.165) is 11.8 Å². The van der Waals surface area contributed by atoms with Crippen molar-refractivity contribution in [2.24, 2.45) is 0 Å². The van der Waals surface area contributed by atoms with E-state index in [9.17, 15) is 17.6 Å². The van der Waals surface area contributed by atoms with Gasteiger partial charge in [-0.3, -0.25) is 4.98 Å². The van der Waals surface area contributed by atoms with Crippen LogP contribution in [-0.4, -0.2) is 40.3 Å². The first-order valence-corrected chi connectivity index (χ1v) is 10.7. The van der Waals surface area contributed by atoms with Crippen LogP contribution in [0.15, 0.2) is 65.8 Å². The number of rotatable bonds is 5. The summed E-state index contributed by atoms with van der Waals surface area (Å²) < 4.78 is 38.9. The molecule has 0 spiro atoms. The monoisotopic (exact) mass is 425 g/mol. The second-order valence-corrected chi connectivity index (χ2v) is 8.85. The zero-order chi connectivity index (χ0) is 21.5. The van der Waals surface area contributed by atoms with Gasteiger partial charge in [0.15, 0.2) is 9.84 Å². The molecular weight excluding hydrogens is 409 g/mol. The van der Waals surface area contributed by atoms with Crippen LogP contribution in [0.4, 0.5) is 4.39 Å². The number of hydrogen-bond donors (Lipinski definition) is 1. The number of pyridine rings is 2. The Labute approximate surface area is 171 Å². The molecule has 9 heteroatoms. The third kappa shape index (κ3) is 3.79. The highest BCUT2D eigenvalue weighted by atomic mass is 32.2. The van der Waals surface area contributed by atoms with E-state index in [1.165, 1.54) is 36.7 Å². The first kappa shape index (κ1) is 19.7. The van der Waals surface area contributed by atoms with Crippen LogP contribution in [0.5, 0.6) is 0 Å². The molecule has 0 saturated carbocycles.